The van der Waals surface area contributed by atoms with Crippen LogP contribution in [-0.4, -0.2) is 50.3 Å². The summed E-state index contributed by atoms with van der Waals surface area (Å²) in [6, 6.07) is 14.0. The van der Waals surface area contributed by atoms with Crippen molar-refractivity contribution in [1.29, 1.82) is 0 Å². The van der Waals surface area contributed by atoms with Crippen LogP contribution < -0.4 is 10.6 Å². The number of hydrogen-bond donors (Lipinski definition) is 2. The molecule has 0 saturated heterocycles. The van der Waals surface area contributed by atoms with Gasteiger partial charge in [0.25, 0.3) is 11.8 Å². The molecule has 2 aliphatic rings. The molecule has 0 spiro atoms. The normalized spacial score (nSPS) is 18.9. The van der Waals surface area contributed by atoms with E-state index < -0.39 is 11.4 Å². The van der Waals surface area contributed by atoms with E-state index in [9.17, 15) is 18.8 Å². The number of aromatic nitrogens is 2. The maximum atomic E-state index is 13.7. The molecule has 1 atom stereocenters. The standard InChI is InChI=1S/C28H30FN5O3/c1-18-3-5-19(6-4-18)13-14-30-25(35)23-24-26(36)34(22-11-12-22)28(2,16-33(24)17-32-23)27(37)31-15-20-7-9-21(29)10-8-20/h3-10,17,22H,11-16H2,1-2H3,(H,30,35)(H,31,37)/t28-/m0/s1. The molecule has 3 aromatic rings. The lowest BCUT2D eigenvalue weighted by Gasteiger charge is -2.44. The number of aryl methyl sites for hydroxylation is 1. The van der Waals surface area contributed by atoms with Gasteiger partial charge < -0.3 is 20.1 Å². The monoisotopic (exact) mass is 503 g/mol. The number of benzene rings is 2. The van der Waals surface area contributed by atoms with Crippen molar-refractivity contribution in [2.75, 3.05) is 6.54 Å². The second-order valence-electron chi connectivity index (χ2n) is 10.1. The Kier molecular flexibility index (Phi) is 6.54. The Morgan fingerprint density at radius 2 is 1.73 bits per heavy atom. The first kappa shape index (κ1) is 24.7. The van der Waals surface area contributed by atoms with E-state index in [4.69, 9.17) is 0 Å². The smallest absolute Gasteiger partial charge is 0.274 e. The quantitative estimate of drug-likeness (QED) is 0.494. The fourth-order valence-electron chi connectivity index (χ4n) is 4.86. The summed E-state index contributed by atoms with van der Waals surface area (Å²) in [6.07, 6.45) is 3.73. The highest BCUT2D eigenvalue weighted by molar-refractivity contribution is 6.07. The lowest BCUT2D eigenvalue weighted by atomic mass is 9.93. The highest BCUT2D eigenvalue weighted by Crippen LogP contribution is 2.38. The Bertz CT molecular complexity index is 1330. The Labute approximate surface area is 214 Å². The van der Waals surface area contributed by atoms with Crippen LogP contribution in [-0.2, 0) is 24.3 Å². The Morgan fingerprint density at radius 1 is 1.05 bits per heavy atom. The van der Waals surface area contributed by atoms with Gasteiger partial charge in [0, 0.05) is 19.1 Å². The molecule has 9 heteroatoms. The van der Waals surface area contributed by atoms with E-state index in [0.29, 0.717) is 13.0 Å². The highest BCUT2D eigenvalue weighted by atomic mass is 19.1. The van der Waals surface area contributed by atoms with E-state index in [1.54, 1.807) is 28.5 Å². The van der Waals surface area contributed by atoms with Crippen LogP contribution in [0.15, 0.2) is 54.9 Å². The molecule has 2 aromatic carbocycles. The van der Waals surface area contributed by atoms with Gasteiger partial charge in [0.05, 0.1) is 12.9 Å². The number of rotatable bonds is 8. The molecule has 37 heavy (non-hydrogen) atoms. The summed E-state index contributed by atoms with van der Waals surface area (Å²) in [5.74, 6) is -1.42. The number of imidazole rings is 1. The van der Waals surface area contributed by atoms with Crippen molar-refractivity contribution in [3.05, 3.63) is 88.8 Å². The molecule has 1 saturated carbocycles. The van der Waals surface area contributed by atoms with Crippen molar-refractivity contribution in [2.24, 2.45) is 0 Å². The Balaban J connectivity index is 1.31. The summed E-state index contributed by atoms with van der Waals surface area (Å²) in [5.41, 5.74) is 2.18. The van der Waals surface area contributed by atoms with Crippen LogP contribution in [0.1, 0.15) is 57.4 Å². The number of hydrogen-bond acceptors (Lipinski definition) is 4. The molecule has 1 aliphatic carbocycles. The number of nitrogens with zero attached hydrogens (tertiary/aromatic N) is 3. The maximum absolute atomic E-state index is 13.7. The molecule has 2 N–H and O–H groups in total. The van der Waals surface area contributed by atoms with Crippen molar-refractivity contribution in [3.63, 3.8) is 0 Å². The van der Waals surface area contributed by atoms with Crippen molar-refractivity contribution in [3.8, 4) is 0 Å². The maximum Gasteiger partial charge on any atom is 0.274 e. The van der Waals surface area contributed by atoms with Gasteiger partial charge in [0.15, 0.2) is 5.69 Å². The molecule has 8 nitrogen and oxygen atoms in total. The van der Waals surface area contributed by atoms with Gasteiger partial charge in [-0.05, 0) is 56.4 Å². The van der Waals surface area contributed by atoms with E-state index in [-0.39, 0.29) is 48.2 Å². The second kappa shape index (κ2) is 9.80. The first-order valence-electron chi connectivity index (χ1n) is 12.5. The topological polar surface area (TPSA) is 96.3 Å². The first-order chi connectivity index (χ1) is 17.8. The van der Waals surface area contributed by atoms with Crippen molar-refractivity contribution in [2.45, 2.75) is 57.8 Å². The molecule has 0 radical (unpaired) electrons. The van der Waals surface area contributed by atoms with Crippen LogP contribution >= 0.6 is 0 Å². The molecule has 1 aromatic heterocycles. The molecule has 1 fully saturated rings. The first-order valence-corrected chi connectivity index (χ1v) is 12.5. The van der Waals surface area contributed by atoms with Gasteiger partial charge >= 0.3 is 0 Å². The van der Waals surface area contributed by atoms with Crippen LogP contribution in [0.2, 0.25) is 0 Å². The molecule has 3 amide bonds. The fourth-order valence-corrected chi connectivity index (χ4v) is 4.86. The van der Waals surface area contributed by atoms with Crippen molar-refractivity contribution in [1.82, 2.24) is 25.1 Å². The zero-order chi connectivity index (χ0) is 26.2. The predicted octanol–water partition coefficient (Wildman–Crippen LogP) is 3.00. The van der Waals surface area contributed by atoms with E-state index in [1.807, 2.05) is 31.2 Å². The Hall–Kier alpha value is -4.01. The third-order valence-corrected chi connectivity index (χ3v) is 7.07. The van der Waals surface area contributed by atoms with E-state index in [0.717, 1.165) is 24.0 Å². The van der Waals surface area contributed by atoms with Gasteiger partial charge in [-0.3, -0.25) is 14.4 Å². The molecule has 0 unspecified atom stereocenters. The number of fused-ring (bicyclic) bond motifs is 1. The zero-order valence-corrected chi connectivity index (χ0v) is 21.0. The van der Waals surface area contributed by atoms with Crippen LogP contribution in [0.5, 0.6) is 0 Å². The van der Waals surface area contributed by atoms with E-state index >= 15 is 0 Å². The Morgan fingerprint density at radius 3 is 2.41 bits per heavy atom. The summed E-state index contributed by atoms with van der Waals surface area (Å²) in [6.45, 7) is 4.58. The van der Waals surface area contributed by atoms with Gasteiger partial charge in [0.2, 0.25) is 5.91 Å². The van der Waals surface area contributed by atoms with Gasteiger partial charge in [-0.2, -0.15) is 0 Å². The van der Waals surface area contributed by atoms with Gasteiger partial charge in [-0.15, -0.1) is 0 Å². The molecule has 0 bridgehead atoms. The SMILES string of the molecule is Cc1ccc(CCNC(=O)c2ncn3c2C(=O)N(C2CC2)[C@](C)(C(=O)NCc2ccc(F)cc2)C3)cc1. The molecule has 5 rings (SSSR count). The highest BCUT2D eigenvalue weighted by Gasteiger charge is 2.53. The average molecular weight is 504 g/mol. The molecular formula is C28H30FN5O3. The number of carbonyl (C=O) groups is 3. The zero-order valence-electron chi connectivity index (χ0n) is 21.0. The number of carbonyl (C=O) groups excluding carboxylic acids is 3. The summed E-state index contributed by atoms with van der Waals surface area (Å²) in [5, 5.41) is 5.77. The van der Waals surface area contributed by atoms with Crippen molar-refractivity contribution >= 4 is 17.7 Å². The molecular weight excluding hydrogens is 473 g/mol. The summed E-state index contributed by atoms with van der Waals surface area (Å²) < 4.78 is 14.8. The van der Waals surface area contributed by atoms with Crippen LogP contribution in [0.25, 0.3) is 0 Å². The summed E-state index contributed by atoms with van der Waals surface area (Å²) in [4.78, 5) is 46.0. The largest absolute Gasteiger partial charge is 0.350 e. The van der Waals surface area contributed by atoms with Gasteiger partial charge in [-0.25, -0.2) is 9.37 Å². The number of halogens is 1. The molecule has 192 valence electrons. The predicted molar refractivity (Wildman–Crippen MR) is 135 cm³/mol. The number of nitrogens with one attached hydrogen (secondary N) is 2. The molecule has 1 aliphatic heterocycles. The van der Waals surface area contributed by atoms with Crippen LogP contribution in [0.3, 0.4) is 0 Å². The van der Waals surface area contributed by atoms with Crippen LogP contribution in [0, 0.1) is 12.7 Å². The molecule has 2 heterocycles. The second-order valence-corrected chi connectivity index (χ2v) is 10.1. The van der Waals surface area contributed by atoms with E-state index in [2.05, 4.69) is 15.6 Å². The van der Waals surface area contributed by atoms with Crippen molar-refractivity contribution < 1.29 is 18.8 Å². The third-order valence-electron chi connectivity index (χ3n) is 7.07. The van der Waals surface area contributed by atoms with E-state index in [1.165, 1.54) is 24.0 Å². The lowest BCUT2D eigenvalue weighted by Crippen LogP contribution is -2.64. The fraction of sp³-hybridized carbons (Fsp3) is 0.357. The third kappa shape index (κ3) is 4.98. The minimum atomic E-state index is -1.15. The van der Waals surface area contributed by atoms with Crippen LogP contribution in [0.4, 0.5) is 4.39 Å². The summed E-state index contributed by atoms with van der Waals surface area (Å²) in [7, 11) is 0. The minimum absolute atomic E-state index is 0.0600. The lowest BCUT2D eigenvalue weighted by molar-refractivity contribution is -0.133. The van der Waals surface area contributed by atoms with Gasteiger partial charge in [-0.1, -0.05) is 42.0 Å². The number of amides is 3. The summed E-state index contributed by atoms with van der Waals surface area (Å²) >= 11 is 0. The minimum Gasteiger partial charge on any atom is -0.350 e. The average Bonchev–Trinajstić information content (AvgIpc) is 3.62. The van der Waals surface area contributed by atoms with Gasteiger partial charge in [0.1, 0.15) is 17.1 Å².